The molecule has 0 N–H and O–H groups in total. The molecule has 0 fully saturated rings. The molecule has 1 unspecified atom stereocenters. The fourth-order valence-electron chi connectivity index (χ4n) is 5.39. The van der Waals surface area contributed by atoms with Crippen LogP contribution in [0.2, 0.25) is 0 Å². The third-order valence-electron chi connectivity index (χ3n) is 6.61. The fourth-order valence-corrected chi connectivity index (χ4v) is 5.39. The first-order chi connectivity index (χ1) is 12.7. The zero-order valence-electron chi connectivity index (χ0n) is 15.8. The Morgan fingerprint density at radius 2 is 1.58 bits per heavy atom. The normalized spacial score (nSPS) is 22.7. The van der Waals surface area contributed by atoms with Crippen molar-refractivity contribution in [2.24, 2.45) is 0 Å². The lowest BCUT2D eigenvalue weighted by Crippen LogP contribution is -2.26. The van der Waals surface area contributed by atoms with Crippen molar-refractivity contribution >= 4 is 10.8 Å². The van der Waals surface area contributed by atoms with Crippen molar-refractivity contribution in [3.05, 3.63) is 82.9 Å². The number of allylic oxidation sites excluding steroid dienone is 2. The van der Waals surface area contributed by atoms with E-state index in [1.165, 1.54) is 65.1 Å². The molecule has 2 aliphatic carbocycles. The van der Waals surface area contributed by atoms with E-state index in [1.807, 2.05) is 0 Å². The van der Waals surface area contributed by atoms with Gasteiger partial charge in [-0.15, -0.1) is 0 Å². The number of fused-ring (bicyclic) bond motifs is 7. The molecule has 3 aromatic rings. The van der Waals surface area contributed by atoms with Gasteiger partial charge < -0.3 is 0 Å². The van der Waals surface area contributed by atoms with Gasteiger partial charge in [-0.25, -0.2) is 0 Å². The summed E-state index contributed by atoms with van der Waals surface area (Å²) in [6.45, 7) is 4.52. The highest BCUT2D eigenvalue weighted by molar-refractivity contribution is 6.04. The molecule has 2 aliphatic rings. The van der Waals surface area contributed by atoms with Crippen LogP contribution < -0.4 is 0 Å². The second-order valence-corrected chi connectivity index (χ2v) is 8.20. The monoisotopic (exact) mass is 338 g/mol. The van der Waals surface area contributed by atoms with E-state index >= 15 is 0 Å². The van der Waals surface area contributed by atoms with Gasteiger partial charge in [-0.3, -0.25) is 0 Å². The molecule has 0 saturated carbocycles. The van der Waals surface area contributed by atoms with Gasteiger partial charge in [0.1, 0.15) is 0 Å². The quantitative estimate of drug-likeness (QED) is 0.379. The van der Waals surface area contributed by atoms with Crippen molar-refractivity contribution in [1.82, 2.24) is 0 Å². The summed E-state index contributed by atoms with van der Waals surface area (Å²) in [6, 6.07) is 18.6. The van der Waals surface area contributed by atoms with E-state index in [9.17, 15) is 0 Å². The first-order valence-corrected chi connectivity index (χ1v) is 10.00. The lowest BCUT2D eigenvalue weighted by atomic mass is 9.69. The van der Waals surface area contributed by atoms with Crippen LogP contribution in [0.25, 0.3) is 21.9 Å². The Labute approximate surface area is 156 Å². The van der Waals surface area contributed by atoms with Crippen molar-refractivity contribution in [3.8, 4) is 11.1 Å². The first kappa shape index (κ1) is 15.9. The van der Waals surface area contributed by atoms with Gasteiger partial charge in [0.2, 0.25) is 0 Å². The van der Waals surface area contributed by atoms with Gasteiger partial charge in [-0.2, -0.15) is 0 Å². The number of aryl methyl sites for hydroxylation is 2. The highest BCUT2D eigenvalue weighted by Gasteiger charge is 2.43. The summed E-state index contributed by atoms with van der Waals surface area (Å²) in [5, 5.41) is 2.84. The maximum Gasteiger partial charge on any atom is 0.0218 e. The molecule has 0 aromatic heterocycles. The van der Waals surface area contributed by atoms with Crippen LogP contribution in [-0.2, 0) is 5.41 Å². The maximum atomic E-state index is 2.51. The summed E-state index contributed by atoms with van der Waals surface area (Å²) in [4.78, 5) is 0. The Morgan fingerprint density at radius 3 is 2.46 bits per heavy atom. The van der Waals surface area contributed by atoms with Crippen LogP contribution in [0, 0.1) is 13.8 Å². The number of hydrogen-bond acceptors (Lipinski definition) is 0. The molecule has 0 saturated heterocycles. The van der Waals surface area contributed by atoms with Crippen molar-refractivity contribution in [3.63, 3.8) is 0 Å². The van der Waals surface area contributed by atoms with Crippen LogP contribution >= 0.6 is 0 Å². The summed E-state index contributed by atoms with van der Waals surface area (Å²) < 4.78 is 0. The highest BCUT2D eigenvalue weighted by Crippen LogP contribution is 2.56. The minimum atomic E-state index is 0.191. The second kappa shape index (κ2) is 5.84. The lowest BCUT2D eigenvalue weighted by molar-refractivity contribution is 0.430. The van der Waals surface area contributed by atoms with Crippen molar-refractivity contribution < 1.29 is 0 Å². The van der Waals surface area contributed by atoms with E-state index in [-0.39, 0.29) is 5.41 Å². The van der Waals surface area contributed by atoms with E-state index in [0.29, 0.717) is 0 Å². The van der Waals surface area contributed by atoms with Gasteiger partial charge in [0.25, 0.3) is 0 Å². The Bertz CT molecular complexity index is 1040. The number of rotatable bonds is 0. The van der Waals surface area contributed by atoms with E-state index in [4.69, 9.17) is 0 Å². The maximum absolute atomic E-state index is 2.51. The van der Waals surface area contributed by atoms with Gasteiger partial charge in [0.15, 0.2) is 0 Å². The standard InChI is InChI=1S/C26H26/c1-18-12-13-22-23(16-18)26(14-8-4-3-5-9-15-26)24-17-19(2)20-10-6-7-11-21(20)25(22)24/h3-4,6-7,10-13,16-17H,5,8-9,14-15H2,1-2H3/b4-3-. The van der Waals surface area contributed by atoms with E-state index in [2.05, 4.69) is 74.5 Å². The Balaban J connectivity index is 1.89. The Morgan fingerprint density at radius 1 is 0.769 bits per heavy atom. The number of hydrogen-bond donors (Lipinski definition) is 0. The summed E-state index contributed by atoms with van der Waals surface area (Å²) >= 11 is 0. The van der Waals surface area contributed by atoms with Crippen molar-refractivity contribution in [1.29, 1.82) is 0 Å². The van der Waals surface area contributed by atoms with Crippen molar-refractivity contribution in [2.75, 3.05) is 0 Å². The molecule has 1 spiro atoms. The smallest absolute Gasteiger partial charge is 0.0218 e. The average molecular weight is 338 g/mol. The van der Waals surface area contributed by atoms with Crippen molar-refractivity contribution in [2.45, 2.75) is 51.4 Å². The van der Waals surface area contributed by atoms with Crippen LogP contribution in [0.3, 0.4) is 0 Å². The zero-order chi connectivity index (χ0) is 17.7. The topological polar surface area (TPSA) is 0 Å². The summed E-state index contributed by atoms with van der Waals surface area (Å²) in [5.41, 5.74) is 9.15. The largest absolute Gasteiger partial charge is 0.0885 e. The third-order valence-corrected chi connectivity index (χ3v) is 6.61. The van der Waals surface area contributed by atoms with Gasteiger partial charge >= 0.3 is 0 Å². The van der Waals surface area contributed by atoms with Gasteiger partial charge in [0.05, 0.1) is 0 Å². The van der Waals surface area contributed by atoms with Crippen LogP contribution in [-0.4, -0.2) is 0 Å². The minimum absolute atomic E-state index is 0.191. The average Bonchev–Trinajstić information content (AvgIpc) is 2.88. The first-order valence-electron chi connectivity index (χ1n) is 10.00. The molecule has 0 amide bonds. The molecule has 3 aromatic carbocycles. The summed E-state index contributed by atoms with van der Waals surface area (Å²) in [6.07, 6.45) is 10.9. The van der Waals surface area contributed by atoms with Crippen LogP contribution in [0.4, 0.5) is 0 Å². The zero-order valence-corrected chi connectivity index (χ0v) is 15.8. The molecule has 0 heterocycles. The molecule has 0 radical (unpaired) electrons. The fraction of sp³-hybridized carbons (Fsp3) is 0.308. The lowest BCUT2D eigenvalue weighted by Gasteiger charge is -2.33. The molecule has 26 heavy (non-hydrogen) atoms. The van der Waals surface area contributed by atoms with Crippen LogP contribution in [0.1, 0.15) is 54.4 Å². The summed E-state index contributed by atoms with van der Waals surface area (Å²) in [7, 11) is 0. The number of benzene rings is 3. The molecule has 0 heteroatoms. The molecule has 0 nitrogen and oxygen atoms in total. The highest BCUT2D eigenvalue weighted by atomic mass is 14.5. The third kappa shape index (κ3) is 2.14. The van der Waals surface area contributed by atoms with Gasteiger partial charge in [0, 0.05) is 5.41 Å². The molecular formula is C26H26. The molecule has 1 atom stereocenters. The Hall–Kier alpha value is -2.34. The van der Waals surface area contributed by atoms with Crippen LogP contribution in [0.5, 0.6) is 0 Å². The predicted molar refractivity (Wildman–Crippen MR) is 112 cm³/mol. The SMILES string of the molecule is Cc1ccc2c(c1)C1(CC/C=C\CCC1)c1cc(C)c3ccccc3c1-2. The summed E-state index contributed by atoms with van der Waals surface area (Å²) in [5.74, 6) is 0. The molecule has 0 aliphatic heterocycles. The Kier molecular flexibility index (Phi) is 3.57. The minimum Gasteiger partial charge on any atom is -0.0885 e. The van der Waals surface area contributed by atoms with E-state index in [0.717, 1.165) is 0 Å². The molecule has 5 rings (SSSR count). The van der Waals surface area contributed by atoms with E-state index in [1.54, 1.807) is 11.1 Å². The molecular weight excluding hydrogens is 312 g/mol. The van der Waals surface area contributed by atoms with Gasteiger partial charge in [-0.05, 0) is 84.5 Å². The predicted octanol–water partition coefficient (Wildman–Crippen LogP) is 7.24. The van der Waals surface area contributed by atoms with E-state index < -0.39 is 0 Å². The van der Waals surface area contributed by atoms with Crippen LogP contribution in [0.15, 0.2) is 60.7 Å². The molecule has 130 valence electrons. The van der Waals surface area contributed by atoms with Gasteiger partial charge in [-0.1, -0.05) is 66.2 Å². The molecule has 0 bridgehead atoms. The second-order valence-electron chi connectivity index (χ2n) is 8.20.